The van der Waals surface area contributed by atoms with Crippen LogP contribution in [0.5, 0.6) is 0 Å². The second-order valence-electron chi connectivity index (χ2n) is 4.39. The monoisotopic (exact) mass is 224 g/mol. The van der Waals surface area contributed by atoms with Crippen LogP contribution in [0.25, 0.3) is 10.9 Å². The molecule has 85 valence electrons. The van der Waals surface area contributed by atoms with Gasteiger partial charge in [-0.3, -0.25) is 5.10 Å². The highest BCUT2D eigenvalue weighted by Gasteiger charge is 2.03. The minimum absolute atomic E-state index is 0.885. The van der Waals surface area contributed by atoms with E-state index in [9.17, 15) is 0 Å². The summed E-state index contributed by atoms with van der Waals surface area (Å²) in [5, 5.41) is 8.19. The van der Waals surface area contributed by atoms with E-state index in [1.165, 1.54) is 17.0 Å². The van der Waals surface area contributed by atoms with E-state index in [1.807, 2.05) is 12.3 Å². The van der Waals surface area contributed by atoms with Crippen LogP contribution in [-0.2, 0) is 6.54 Å². The molecule has 0 fully saturated rings. The van der Waals surface area contributed by atoms with Crippen LogP contribution in [0.4, 0.5) is 0 Å². The zero-order valence-corrected chi connectivity index (χ0v) is 9.99. The van der Waals surface area contributed by atoms with Gasteiger partial charge in [-0.15, -0.1) is 0 Å². The number of benzene rings is 1. The molecule has 0 bridgehead atoms. The van der Waals surface area contributed by atoms with Crippen LogP contribution < -0.4 is 0 Å². The molecule has 3 aromatic rings. The summed E-state index contributed by atoms with van der Waals surface area (Å²) in [7, 11) is 0. The van der Waals surface area contributed by atoms with E-state index in [0.717, 1.165) is 17.4 Å². The molecule has 3 heteroatoms. The fourth-order valence-corrected chi connectivity index (χ4v) is 2.14. The number of hydrogen-bond acceptors (Lipinski definition) is 1. The SMILES string of the molecule is Cc1[c]cc(C)n1Cc1ccc2cn[nH]c2c1. The normalized spacial score (nSPS) is 11.2. The van der Waals surface area contributed by atoms with Crippen molar-refractivity contribution >= 4 is 10.9 Å². The third kappa shape index (κ3) is 1.73. The number of aromatic nitrogens is 3. The molecule has 0 aliphatic carbocycles. The van der Waals surface area contributed by atoms with Gasteiger partial charge >= 0.3 is 0 Å². The first-order chi connectivity index (χ1) is 8.24. The van der Waals surface area contributed by atoms with Gasteiger partial charge in [0.1, 0.15) is 0 Å². The summed E-state index contributed by atoms with van der Waals surface area (Å²) in [5.41, 5.74) is 4.78. The number of hydrogen-bond donors (Lipinski definition) is 1. The molecule has 0 unspecified atom stereocenters. The highest BCUT2D eigenvalue weighted by molar-refractivity contribution is 5.78. The molecule has 0 spiro atoms. The van der Waals surface area contributed by atoms with Gasteiger partial charge in [0.15, 0.2) is 0 Å². The van der Waals surface area contributed by atoms with Gasteiger partial charge in [0, 0.05) is 29.4 Å². The van der Waals surface area contributed by atoms with Crippen LogP contribution in [0.1, 0.15) is 17.0 Å². The van der Waals surface area contributed by atoms with Gasteiger partial charge in [-0.05, 0) is 31.5 Å². The molecule has 2 aromatic heterocycles. The molecule has 0 amide bonds. The maximum atomic E-state index is 4.04. The Hall–Kier alpha value is -2.03. The maximum absolute atomic E-state index is 4.04. The Labute approximate surface area is 100 Å². The van der Waals surface area contributed by atoms with Gasteiger partial charge in [0.05, 0.1) is 11.7 Å². The van der Waals surface area contributed by atoms with Gasteiger partial charge in [-0.1, -0.05) is 12.1 Å². The Morgan fingerprint density at radius 2 is 2.24 bits per heavy atom. The van der Waals surface area contributed by atoms with Crippen molar-refractivity contribution in [3.05, 3.63) is 53.5 Å². The number of H-pyrrole nitrogens is 1. The lowest BCUT2D eigenvalue weighted by molar-refractivity contribution is 0.749. The molecule has 1 aromatic carbocycles. The van der Waals surface area contributed by atoms with E-state index in [-0.39, 0.29) is 0 Å². The minimum atomic E-state index is 0.885. The highest BCUT2D eigenvalue weighted by Crippen LogP contribution is 2.15. The smallest absolute Gasteiger partial charge is 0.0653 e. The third-order valence-corrected chi connectivity index (χ3v) is 3.17. The van der Waals surface area contributed by atoms with Gasteiger partial charge < -0.3 is 4.57 Å². The average molecular weight is 224 g/mol. The van der Waals surface area contributed by atoms with Crippen molar-refractivity contribution in [2.45, 2.75) is 20.4 Å². The standard InChI is InChI=1S/C14H14N3/c1-10-3-4-11(2)17(10)9-12-5-6-13-8-15-16-14(13)7-12/h3,5-8H,9H2,1-2H3,(H,15,16). The highest BCUT2D eigenvalue weighted by atomic mass is 15.1. The topological polar surface area (TPSA) is 33.6 Å². The van der Waals surface area contributed by atoms with Gasteiger partial charge in [-0.2, -0.15) is 5.10 Å². The zero-order chi connectivity index (χ0) is 11.8. The number of rotatable bonds is 2. The molecule has 0 saturated carbocycles. The first kappa shape index (κ1) is 10.1. The van der Waals surface area contributed by atoms with E-state index >= 15 is 0 Å². The Morgan fingerprint density at radius 3 is 3.00 bits per heavy atom. The van der Waals surface area contributed by atoms with Crippen molar-refractivity contribution < 1.29 is 0 Å². The number of nitrogens with zero attached hydrogens (tertiary/aromatic N) is 2. The van der Waals surface area contributed by atoms with E-state index < -0.39 is 0 Å². The predicted octanol–water partition coefficient (Wildman–Crippen LogP) is 2.83. The van der Waals surface area contributed by atoms with Crippen molar-refractivity contribution in [3.8, 4) is 0 Å². The molecule has 0 atom stereocenters. The average Bonchev–Trinajstić information content (AvgIpc) is 2.90. The molecular weight excluding hydrogens is 210 g/mol. The quantitative estimate of drug-likeness (QED) is 0.713. The fraction of sp³-hybridized carbons (Fsp3) is 0.214. The van der Waals surface area contributed by atoms with Crippen molar-refractivity contribution in [3.63, 3.8) is 0 Å². The summed E-state index contributed by atoms with van der Waals surface area (Å²) in [6.07, 6.45) is 1.85. The van der Waals surface area contributed by atoms with Crippen molar-refractivity contribution in [1.29, 1.82) is 0 Å². The third-order valence-electron chi connectivity index (χ3n) is 3.17. The molecule has 3 rings (SSSR count). The van der Waals surface area contributed by atoms with Crippen molar-refractivity contribution in [1.82, 2.24) is 14.8 Å². The predicted molar refractivity (Wildman–Crippen MR) is 67.9 cm³/mol. The van der Waals surface area contributed by atoms with E-state index in [0.29, 0.717) is 0 Å². The molecule has 0 aliphatic heterocycles. The van der Waals surface area contributed by atoms with Crippen molar-refractivity contribution in [2.75, 3.05) is 0 Å². The molecule has 3 nitrogen and oxygen atoms in total. The van der Waals surface area contributed by atoms with E-state index in [1.54, 1.807) is 0 Å². The fourth-order valence-electron chi connectivity index (χ4n) is 2.14. The summed E-state index contributed by atoms with van der Waals surface area (Å²) in [6, 6.07) is 11.7. The van der Waals surface area contributed by atoms with Crippen LogP contribution in [0.3, 0.4) is 0 Å². The summed E-state index contributed by atoms with van der Waals surface area (Å²) >= 11 is 0. The number of aromatic amines is 1. The second kappa shape index (κ2) is 3.77. The van der Waals surface area contributed by atoms with E-state index in [4.69, 9.17) is 0 Å². The van der Waals surface area contributed by atoms with Crippen molar-refractivity contribution in [2.24, 2.45) is 0 Å². The summed E-state index contributed by atoms with van der Waals surface area (Å²) in [5.74, 6) is 0. The lowest BCUT2D eigenvalue weighted by atomic mass is 10.1. The van der Waals surface area contributed by atoms with Crippen LogP contribution in [0.2, 0.25) is 0 Å². The second-order valence-corrected chi connectivity index (χ2v) is 4.39. The van der Waals surface area contributed by atoms with Crippen LogP contribution in [0.15, 0.2) is 30.5 Å². The molecule has 1 radical (unpaired) electrons. The van der Waals surface area contributed by atoms with E-state index in [2.05, 4.69) is 52.9 Å². The first-order valence-electron chi connectivity index (χ1n) is 5.70. The lowest BCUT2D eigenvalue weighted by Gasteiger charge is -2.09. The van der Waals surface area contributed by atoms with Crippen LogP contribution >= 0.6 is 0 Å². The Balaban J connectivity index is 1.99. The molecule has 1 N–H and O–H groups in total. The largest absolute Gasteiger partial charge is 0.344 e. The number of aryl methyl sites for hydroxylation is 2. The zero-order valence-electron chi connectivity index (χ0n) is 9.99. The van der Waals surface area contributed by atoms with Crippen LogP contribution in [-0.4, -0.2) is 14.8 Å². The first-order valence-corrected chi connectivity index (χ1v) is 5.70. The van der Waals surface area contributed by atoms with Crippen LogP contribution in [0, 0.1) is 19.9 Å². The maximum Gasteiger partial charge on any atom is 0.0653 e. The molecule has 0 saturated heterocycles. The number of nitrogens with one attached hydrogen (secondary N) is 1. The Morgan fingerprint density at radius 1 is 1.35 bits per heavy atom. The lowest BCUT2D eigenvalue weighted by Crippen LogP contribution is -2.03. The summed E-state index contributed by atoms with van der Waals surface area (Å²) in [6.45, 7) is 5.08. The summed E-state index contributed by atoms with van der Waals surface area (Å²) in [4.78, 5) is 0. The van der Waals surface area contributed by atoms with Gasteiger partial charge in [0.2, 0.25) is 0 Å². The number of fused-ring (bicyclic) bond motifs is 1. The summed E-state index contributed by atoms with van der Waals surface area (Å²) < 4.78 is 2.26. The molecule has 0 aliphatic rings. The Kier molecular flexibility index (Phi) is 2.25. The Bertz CT molecular complexity index is 641. The molecule has 2 heterocycles. The van der Waals surface area contributed by atoms with Gasteiger partial charge in [-0.25, -0.2) is 0 Å². The van der Waals surface area contributed by atoms with Gasteiger partial charge in [0.25, 0.3) is 0 Å². The molecular formula is C14H14N3. The molecule has 17 heavy (non-hydrogen) atoms. The minimum Gasteiger partial charge on any atom is -0.344 e.